The molecule has 1 saturated carbocycles. The largest absolute Gasteiger partial charge is 0.497 e. The molecule has 1 aromatic heterocycles. The standard InChI is InChI=1S/C30H30N2O4S/c1-34-24-7-5-6-20(15-24)29-22(14-19-8-12-25(37-4)17-26(19)31-29)18-32(23-10-11-23)30(33)21-9-13-27(35-2)28(16-21)36-3/h5-9,12-17,23H,10-11,18H2,1-4H3. The maximum atomic E-state index is 13.8. The molecule has 37 heavy (non-hydrogen) atoms. The van der Waals surface area contributed by atoms with Crippen LogP contribution in [0.3, 0.4) is 0 Å². The van der Waals surface area contributed by atoms with Crippen molar-refractivity contribution in [3.8, 4) is 28.5 Å². The zero-order chi connectivity index (χ0) is 25.9. The van der Waals surface area contributed by atoms with E-state index in [1.54, 1.807) is 51.3 Å². The van der Waals surface area contributed by atoms with Crippen LogP contribution in [0.1, 0.15) is 28.8 Å². The number of rotatable bonds is 9. The summed E-state index contributed by atoms with van der Waals surface area (Å²) < 4.78 is 16.3. The number of hydrogen-bond donors (Lipinski definition) is 0. The van der Waals surface area contributed by atoms with E-state index in [0.29, 0.717) is 23.6 Å². The molecule has 1 aliphatic carbocycles. The predicted octanol–water partition coefficient (Wildman–Crippen LogP) is 6.45. The van der Waals surface area contributed by atoms with Crippen molar-refractivity contribution < 1.29 is 19.0 Å². The van der Waals surface area contributed by atoms with Gasteiger partial charge in [-0.05, 0) is 73.2 Å². The molecule has 4 aromatic rings. The van der Waals surface area contributed by atoms with Gasteiger partial charge in [-0.2, -0.15) is 0 Å². The van der Waals surface area contributed by atoms with Crippen LogP contribution >= 0.6 is 11.8 Å². The van der Waals surface area contributed by atoms with Crippen LogP contribution in [0.5, 0.6) is 17.2 Å². The van der Waals surface area contributed by atoms with E-state index in [-0.39, 0.29) is 11.9 Å². The van der Waals surface area contributed by atoms with Crippen LogP contribution in [-0.2, 0) is 6.54 Å². The Hall–Kier alpha value is -3.71. The van der Waals surface area contributed by atoms with Gasteiger partial charge in [0.2, 0.25) is 0 Å². The summed E-state index contributed by atoms with van der Waals surface area (Å²) in [5.41, 5.74) is 4.32. The SMILES string of the molecule is COc1cccc(-c2nc3cc(SC)ccc3cc2CN(C(=O)c2ccc(OC)c(OC)c2)C2CC2)c1. The van der Waals surface area contributed by atoms with Crippen LogP contribution < -0.4 is 14.2 Å². The predicted molar refractivity (Wildman–Crippen MR) is 148 cm³/mol. The van der Waals surface area contributed by atoms with Crippen molar-refractivity contribution in [3.63, 3.8) is 0 Å². The molecule has 0 unspecified atom stereocenters. The van der Waals surface area contributed by atoms with Crippen molar-refractivity contribution in [2.75, 3.05) is 27.6 Å². The maximum absolute atomic E-state index is 13.8. The number of fused-ring (bicyclic) bond motifs is 1. The molecule has 6 nitrogen and oxygen atoms in total. The van der Waals surface area contributed by atoms with Gasteiger partial charge in [-0.25, -0.2) is 4.98 Å². The molecule has 1 aliphatic rings. The number of thioether (sulfide) groups is 1. The first-order valence-electron chi connectivity index (χ1n) is 12.2. The Balaban J connectivity index is 1.58. The number of ether oxygens (including phenoxy) is 3. The molecule has 0 aliphatic heterocycles. The average molecular weight is 515 g/mol. The number of benzene rings is 3. The molecule has 7 heteroatoms. The molecule has 1 heterocycles. The van der Waals surface area contributed by atoms with Crippen molar-refractivity contribution in [2.24, 2.45) is 0 Å². The third-order valence-corrected chi connectivity index (χ3v) is 7.39. The Morgan fingerprint density at radius 3 is 2.46 bits per heavy atom. The van der Waals surface area contributed by atoms with Crippen LogP contribution in [0.15, 0.2) is 71.6 Å². The van der Waals surface area contributed by atoms with Crippen molar-refractivity contribution in [1.82, 2.24) is 9.88 Å². The highest BCUT2D eigenvalue weighted by atomic mass is 32.2. The van der Waals surface area contributed by atoms with Crippen LogP contribution in [0, 0.1) is 0 Å². The molecule has 0 atom stereocenters. The Morgan fingerprint density at radius 1 is 0.946 bits per heavy atom. The van der Waals surface area contributed by atoms with Crippen molar-refractivity contribution >= 4 is 28.6 Å². The van der Waals surface area contributed by atoms with E-state index in [1.165, 1.54) is 0 Å². The number of pyridine rings is 1. The summed E-state index contributed by atoms with van der Waals surface area (Å²) in [7, 11) is 4.83. The van der Waals surface area contributed by atoms with Gasteiger partial charge < -0.3 is 19.1 Å². The zero-order valence-corrected chi connectivity index (χ0v) is 22.3. The number of aromatic nitrogens is 1. The second kappa shape index (κ2) is 10.7. The van der Waals surface area contributed by atoms with Crippen LogP contribution in [-0.4, -0.2) is 49.4 Å². The minimum atomic E-state index is -0.0297. The van der Waals surface area contributed by atoms with Crippen LogP contribution in [0.4, 0.5) is 0 Å². The minimum absolute atomic E-state index is 0.0297. The van der Waals surface area contributed by atoms with Gasteiger partial charge in [-0.3, -0.25) is 4.79 Å². The van der Waals surface area contributed by atoms with E-state index in [2.05, 4.69) is 30.5 Å². The van der Waals surface area contributed by atoms with E-state index in [9.17, 15) is 4.79 Å². The van der Waals surface area contributed by atoms with Gasteiger partial charge in [0, 0.05) is 34.0 Å². The Bertz CT molecular complexity index is 1450. The number of amides is 1. The number of carbonyl (C=O) groups is 1. The summed E-state index contributed by atoms with van der Waals surface area (Å²) in [6, 6.07) is 21.9. The maximum Gasteiger partial charge on any atom is 0.254 e. The van der Waals surface area contributed by atoms with Gasteiger partial charge in [-0.1, -0.05) is 18.2 Å². The number of carbonyl (C=O) groups excluding carboxylic acids is 1. The normalized spacial score (nSPS) is 12.9. The number of hydrogen-bond acceptors (Lipinski definition) is 6. The molecule has 1 fully saturated rings. The van der Waals surface area contributed by atoms with Crippen LogP contribution in [0.2, 0.25) is 0 Å². The summed E-state index contributed by atoms with van der Waals surface area (Å²) >= 11 is 1.69. The van der Waals surface area contributed by atoms with Gasteiger partial charge in [0.15, 0.2) is 11.5 Å². The summed E-state index contributed by atoms with van der Waals surface area (Å²) in [5, 5.41) is 1.05. The lowest BCUT2D eigenvalue weighted by molar-refractivity contribution is 0.0729. The first-order valence-corrected chi connectivity index (χ1v) is 13.4. The summed E-state index contributed by atoms with van der Waals surface area (Å²) in [6.45, 7) is 0.456. The Labute approximate surface area is 221 Å². The molecular weight excluding hydrogens is 484 g/mol. The number of nitrogens with zero attached hydrogens (tertiary/aromatic N) is 2. The van der Waals surface area contributed by atoms with Gasteiger partial charge in [0.25, 0.3) is 5.91 Å². The highest BCUT2D eigenvalue weighted by molar-refractivity contribution is 7.98. The molecule has 0 saturated heterocycles. The topological polar surface area (TPSA) is 60.9 Å². The molecule has 0 spiro atoms. The first kappa shape index (κ1) is 25.0. The highest BCUT2D eigenvalue weighted by Gasteiger charge is 2.34. The van der Waals surface area contributed by atoms with Gasteiger partial charge in [0.1, 0.15) is 5.75 Å². The molecule has 0 bridgehead atoms. The van der Waals surface area contributed by atoms with Crippen molar-refractivity contribution in [2.45, 2.75) is 30.3 Å². The minimum Gasteiger partial charge on any atom is -0.497 e. The van der Waals surface area contributed by atoms with Gasteiger partial charge >= 0.3 is 0 Å². The van der Waals surface area contributed by atoms with E-state index >= 15 is 0 Å². The lowest BCUT2D eigenvalue weighted by Gasteiger charge is -2.25. The molecule has 190 valence electrons. The summed E-state index contributed by atoms with van der Waals surface area (Å²) in [4.78, 5) is 22.0. The van der Waals surface area contributed by atoms with Crippen LogP contribution in [0.25, 0.3) is 22.2 Å². The van der Waals surface area contributed by atoms with E-state index in [4.69, 9.17) is 19.2 Å². The Morgan fingerprint density at radius 2 is 1.76 bits per heavy atom. The van der Waals surface area contributed by atoms with Crippen molar-refractivity contribution in [1.29, 1.82) is 0 Å². The van der Waals surface area contributed by atoms with Gasteiger partial charge in [-0.15, -0.1) is 11.8 Å². The van der Waals surface area contributed by atoms with Gasteiger partial charge in [0.05, 0.1) is 32.5 Å². The molecule has 0 radical (unpaired) electrons. The summed E-state index contributed by atoms with van der Waals surface area (Å²) in [6.07, 6.45) is 4.04. The highest BCUT2D eigenvalue weighted by Crippen LogP contribution is 2.36. The fourth-order valence-corrected chi connectivity index (χ4v) is 4.96. The Kier molecular flexibility index (Phi) is 7.24. The second-order valence-corrected chi connectivity index (χ2v) is 9.90. The lowest BCUT2D eigenvalue weighted by atomic mass is 10.0. The summed E-state index contributed by atoms with van der Waals surface area (Å²) in [5.74, 6) is 1.88. The average Bonchev–Trinajstić information content (AvgIpc) is 3.79. The van der Waals surface area contributed by atoms with E-state index < -0.39 is 0 Å². The van der Waals surface area contributed by atoms with E-state index in [1.807, 2.05) is 29.2 Å². The molecule has 0 N–H and O–H groups in total. The lowest BCUT2D eigenvalue weighted by Crippen LogP contribution is -2.33. The number of methoxy groups -OCH3 is 3. The third kappa shape index (κ3) is 5.23. The molecular formula is C30H30N2O4S. The first-order chi connectivity index (χ1) is 18.0. The molecule has 1 amide bonds. The fraction of sp³-hybridized carbons (Fsp3) is 0.267. The van der Waals surface area contributed by atoms with E-state index in [0.717, 1.165) is 51.2 Å². The zero-order valence-electron chi connectivity index (χ0n) is 21.5. The molecule has 5 rings (SSSR count). The van der Waals surface area contributed by atoms with Crippen molar-refractivity contribution in [3.05, 3.63) is 77.9 Å². The second-order valence-electron chi connectivity index (χ2n) is 9.02. The quantitative estimate of drug-likeness (QED) is 0.239. The fourth-order valence-electron chi connectivity index (χ4n) is 4.53. The monoisotopic (exact) mass is 514 g/mol. The molecule has 3 aromatic carbocycles. The smallest absolute Gasteiger partial charge is 0.254 e. The third-order valence-electron chi connectivity index (χ3n) is 6.67.